The first-order valence-electron chi connectivity index (χ1n) is 8.94. The second kappa shape index (κ2) is 7.68. The standard InChI is InChI=1S/C20H18N6O4/c1-30-14-7-3-6-13(9-14)26-18-16(24-20(26)29)15(17(21)28)23-19(25-18)22-12-5-2-4-11(8-12)10-27/h2-9,27H,10H2,1H3,(H2,21,28)(H,24,29)(H,22,23,25). The second-order valence-corrected chi connectivity index (χ2v) is 6.41. The summed E-state index contributed by atoms with van der Waals surface area (Å²) in [5.74, 6) is -0.187. The third kappa shape index (κ3) is 3.47. The Balaban J connectivity index is 1.91. The van der Waals surface area contributed by atoms with Crippen molar-refractivity contribution >= 4 is 28.7 Å². The molecule has 0 aliphatic carbocycles. The third-order valence-corrected chi connectivity index (χ3v) is 4.45. The minimum absolute atomic E-state index is 0.0713. The minimum Gasteiger partial charge on any atom is -0.497 e. The summed E-state index contributed by atoms with van der Waals surface area (Å²) in [6, 6.07) is 13.8. The van der Waals surface area contributed by atoms with Crippen LogP contribution in [0.5, 0.6) is 5.75 Å². The predicted octanol–water partition coefficient (Wildman–Crippen LogP) is 1.45. The number of imidazole rings is 1. The number of methoxy groups -OCH3 is 1. The number of benzene rings is 2. The fraction of sp³-hybridized carbons (Fsp3) is 0.100. The average Bonchev–Trinajstić information content (AvgIpc) is 3.08. The molecule has 0 spiro atoms. The first kappa shape index (κ1) is 19.2. The highest BCUT2D eigenvalue weighted by molar-refractivity contribution is 6.02. The molecule has 10 nitrogen and oxygen atoms in total. The maximum absolute atomic E-state index is 12.7. The van der Waals surface area contributed by atoms with E-state index in [0.29, 0.717) is 22.7 Å². The largest absolute Gasteiger partial charge is 0.497 e. The SMILES string of the molecule is COc1cccc(-n2c(=O)[nH]c3c(C(N)=O)nc(Nc4cccc(CO)c4)nc32)c1. The summed E-state index contributed by atoms with van der Waals surface area (Å²) in [6.45, 7) is -0.130. The number of ether oxygens (including phenoxy) is 1. The molecule has 30 heavy (non-hydrogen) atoms. The van der Waals surface area contributed by atoms with Gasteiger partial charge in [-0.1, -0.05) is 18.2 Å². The lowest BCUT2D eigenvalue weighted by Gasteiger charge is -2.09. The molecule has 0 bridgehead atoms. The maximum Gasteiger partial charge on any atom is 0.332 e. The molecule has 0 aliphatic rings. The van der Waals surface area contributed by atoms with Crippen molar-refractivity contribution < 1.29 is 14.6 Å². The molecule has 0 radical (unpaired) electrons. The Morgan fingerprint density at radius 2 is 2.03 bits per heavy atom. The number of aliphatic hydroxyl groups is 1. The van der Waals surface area contributed by atoms with E-state index < -0.39 is 11.6 Å². The molecule has 1 amide bonds. The van der Waals surface area contributed by atoms with Gasteiger partial charge in [-0.2, -0.15) is 4.98 Å². The van der Waals surface area contributed by atoms with Crippen LogP contribution in [-0.4, -0.2) is 37.6 Å². The second-order valence-electron chi connectivity index (χ2n) is 6.41. The molecule has 0 atom stereocenters. The van der Waals surface area contributed by atoms with Gasteiger partial charge in [0.25, 0.3) is 5.91 Å². The zero-order valence-electron chi connectivity index (χ0n) is 15.9. The summed E-state index contributed by atoms with van der Waals surface area (Å²) in [5.41, 5.74) is 6.95. The van der Waals surface area contributed by atoms with Crippen molar-refractivity contribution in [2.75, 3.05) is 12.4 Å². The van der Waals surface area contributed by atoms with Crippen molar-refractivity contribution in [2.45, 2.75) is 6.61 Å². The fourth-order valence-corrected chi connectivity index (χ4v) is 3.08. The number of amides is 1. The van der Waals surface area contributed by atoms with E-state index in [1.54, 1.807) is 48.5 Å². The van der Waals surface area contributed by atoms with Gasteiger partial charge in [0.2, 0.25) is 5.95 Å². The van der Waals surface area contributed by atoms with Crippen LogP contribution < -0.4 is 21.5 Å². The van der Waals surface area contributed by atoms with Crippen molar-refractivity contribution in [3.8, 4) is 11.4 Å². The van der Waals surface area contributed by atoms with Gasteiger partial charge in [0, 0.05) is 11.8 Å². The van der Waals surface area contributed by atoms with E-state index in [9.17, 15) is 14.7 Å². The lowest BCUT2D eigenvalue weighted by atomic mass is 10.2. The predicted molar refractivity (Wildman–Crippen MR) is 110 cm³/mol. The van der Waals surface area contributed by atoms with Gasteiger partial charge in [0.05, 0.1) is 19.4 Å². The fourth-order valence-electron chi connectivity index (χ4n) is 3.08. The number of H-pyrrole nitrogens is 1. The van der Waals surface area contributed by atoms with Gasteiger partial charge in [-0.15, -0.1) is 0 Å². The Labute approximate surface area is 170 Å². The summed E-state index contributed by atoms with van der Waals surface area (Å²) < 4.78 is 6.53. The van der Waals surface area contributed by atoms with E-state index in [0.717, 1.165) is 0 Å². The molecule has 0 fully saturated rings. The lowest BCUT2D eigenvalue weighted by molar-refractivity contribution is 0.0997. The third-order valence-electron chi connectivity index (χ3n) is 4.45. The van der Waals surface area contributed by atoms with Crippen molar-refractivity contribution in [1.82, 2.24) is 19.5 Å². The molecule has 4 aromatic rings. The number of nitrogens with two attached hydrogens (primary N) is 1. The highest BCUT2D eigenvalue weighted by atomic mass is 16.5. The molecule has 4 rings (SSSR count). The molecule has 0 unspecified atom stereocenters. The monoisotopic (exact) mass is 406 g/mol. The van der Waals surface area contributed by atoms with Crippen molar-refractivity contribution in [3.63, 3.8) is 0 Å². The molecular formula is C20H18N6O4. The number of carbonyl (C=O) groups is 1. The van der Waals surface area contributed by atoms with Crippen molar-refractivity contribution in [3.05, 3.63) is 70.3 Å². The summed E-state index contributed by atoms with van der Waals surface area (Å²) in [5, 5.41) is 12.3. The molecule has 0 saturated carbocycles. The van der Waals surface area contributed by atoms with Crippen molar-refractivity contribution in [2.24, 2.45) is 5.73 Å². The number of aromatic amines is 1. The number of aliphatic hydroxyl groups excluding tert-OH is 1. The number of aromatic nitrogens is 4. The number of nitrogens with one attached hydrogen (secondary N) is 2. The summed E-state index contributed by atoms with van der Waals surface area (Å²) in [7, 11) is 1.52. The number of carbonyl (C=O) groups excluding carboxylic acids is 1. The Bertz CT molecular complexity index is 1310. The zero-order chi connectivity index (χ0) is 21.3. The van der Waals surface area contributed by atoms with Crippen LogP contribution >= 0.6 is 0 Å². The van der Waals surface area contributed by atoms with E-state index in [2.05, 4.69) is 20.3 Å². The molecule has 0 aliphatic heterocycles. The first-order valence-corrected chi connectivity index (χ1v) is 8.94. The average molecular weight is 406 g/mol. The molecule has 2 aromatic carbocycles. The van der Waals surface area contributed by atoms with E-state index >= 15 is 0 Å². The molecular weight excluding hydrogens is 388 g/mol. The normalized spacial score (nSPS) is 10.9. The molecule has 152 valence electrons. The molecule has 5 N–H and O–H groups in total. The van der Waals surface area contributed by atoms with Gasteiger partial charge >= 0.3 is 5.69 Å². The van der Waals surface area contributed by atoms with Crippen LogP contribution in [0.4, 0.5) is 11.6 Å². The van der Waals surface area contributed by atoms with Gasteiger partial charge in [-0.25, -0.2) is 14.3 Å². The van der Waals surface area contributed by atoms with E-state index in [4.69, 9.17) is 10.5 Å². The van der Waals surface area contributed by atoms with Gasteiger partial charge in [-0.3, -0.25) is 4.79 Å². The molecule has 2 heterocycles. The Morgan fingerprint density at radius 3 is 2.77 bits per heavy atom. The minimum atomic E-state index is -0.811. The highest BCUT2D eigenvalue weighted by Gasteiger charge is 2.20. The van der Waals surface area contributed by atoms with Crippen LogP contribution in [0.15, 0.2) is 53.3 Å². The van der Waals surface area contributed by atoms with E-state index in [-0.39, 0.29) is 29.4 Å². The lowest BCUT2D eigenvalue weighted by Crippen LogP contribution is -2.16. The van der Waals surface area contributed by atoms with Crippen LogP contribution in [-0.2, 0) is 6.61 Å². The smallest absolute Gasteiger partial charge is 0.332 e. The first-order chi connectivity index (χ1) is 14.5. The number of fused-ring (bicyclic) bond motifs is 1. The Morgan fingerprint density at radius 1 is 1.23 bits per heavy atom. The summed E-state index contributed by atoms with van der Waals surface area (Å²) in [4.78, 5) is 35.9. The van der Waals surface area contributed by atoms with Crippen LogP contribution in [0, 0.1) is 0 Å². The van der Waals surface area contributed by atoms with Gasteiger partial charge < -0.3 is 25.9 Å². The Kier molecular flexibility index (Phi) is 4.90. The van der Waals surface area contributed by atoms with E-state index in [1.807, 2.05) is 0 Å². The molecule has 10 heteroatoms. The highest BCUT2D eigenvalue weighted by Crippen LogP contribution is 2.22. The van der Waals surface area contributed by atoms with Crippen LogP contribution in [0.1, 0.15) is 16.1 Å². The summed E-state index contributed by atoms with van der Waals surface area (Å²) >= 11 is 0. The number of anilines is 2. The van der Waals surface area contributed by atoms with Crippen LogP contribution in [0.3, 0.4) is 0 Å². The number of hydrogen-bond donors (Lipinski definition) is 4. The Hall–Kier alpha value is -4.18. The number of primary amides is 1. The van der Waals surface area contributed by atoms with Crippen molar-refractivity contribution in [1.29, 1.82) is 0 Å². The summed E-state index contributed by atoms with van der Waals surface area (Å²) in [6.07, 6.45) is 0. The van der Waals surface area contributed by atoms with Crippen LogP contribution in [0.2, 0.25) is 0 Å². The number of hydrogen-bond acceptors (Lipinski definition) is 7. The number of nitrogens with zero attached hydrogens (tertiary/aromatic N) is 3. The zero-order valence-corrected chi connectivity index (χ0v) is 15.9. The topological polar surface area (TPSA) is 148 Å². The van der Waals surface area contributed by atoms with Crippen LogP contribution in [0.25, 0.3) is 16.9 Å². The van der Waals surface area contributed by atoms with E-state index in [1.165, 1.54) is 11.7 Å². The van der Waals surface area contributed by atoms with Gasteiger partial charge in [0.15, 0.2) is 11.3 Å². The molecule has 0 saturated heterocycles. The van der Waals surface area contributed by atoms with Gasteiger partial charge in [0.1, 0.15) is 11.3 Å². The maximum atomic E-state index is 12.7. The quantitative estimate of drug-likeness (QED) is 0.379. The van der Waals surface area contributed by atoms with Gasteiger partial charge in [-0.05, 0) is 29.8 Å². The number of rotatable bonds is 6. The molecule has 2 aromatic heterocycles.